The van der Waals surface area contributed by atoms with E-state index in [4.69, 9.17) is 16.3 Å². The Labute approximate surface area is 190 Å². The molecule has 0 aliphatic rings. The van der Waals surface area contributed by atoms with Crippen LogP contribution in [0.5, 0.6) is 11.6 Å². The number of carbonyl (C=O) groups excluding carboxylic acids is 1. The molecule has 0 aliphatic carbocycles. The summed E-state index contributed by atoms with van der Waals surface area (Å²) in [6.07, 6.45) is -1.28. The molecule has 168 valence electrons. The zero-order valence-electron chi connectivity index (χ0n) is 16.5. The van der Waals surface area contributed by atoms with Gasteiger partial charge >= 0.3 is 12.2 Å². The van der Waals surface area contributed by atoms with Crippen molar-refractivity contribution in [1.29, 1.82) is 0 Å². The van der Waals surface area contributed by atoms with E-state index in [1.54, 1.807) is 59.5 Å². The summed E-state index contributed by atoms with van der Waals surface area (Å²) in [5, 5.41) is 16.5. The lowest BCUT2D eigenvalue weighted by molar-refractivity contribution is -0.137. The fourth-order valence-electron chi connectivity index (χ4n) is 2.73. The Morgan fingerprint density at radius 3 is 2.33 bits per heavy atom. The number of halogens is 4. The minimum Gasteiger partial charge on any atom is -0.438 e. The maximum atomic E-state index is 13.0. The molecule has 0 unspecified atom stereocenters. The van der Waals surface area contributed by atoms with E-state index in [-0.39, 0.29) is 11.6 Å². The number of hydrogen-bond donors (Lipinski definition) is 2. The van der Waals surface area contributed by atoms with E-state index in [0.29, 0.717) is 17.3 Å². The second-order valence-corrected chi connectivity index (χ2v) is 6.99. The summed E-state index contributed by atoms with van der Waals surface area (Å²) >= 11 is 5.58. The van der Waals surface area contributed by atoms with Crippen LogP contribution in [0.3, 0.4) is 0 Å². The molecule has 2 aromatic carbocycles. The molecule has 0 radical (unpaired) electrons. The van der Waals surface area contributed by atoms with Crippen LogP contribution in [0.4, 0.5) is 29.3 Å². The first-order valence-electron chi connectivity index (χ1n) is 9.34. The van der Waals surface area contributed by atoms with E-state index in [9.17, 15) is 18.0 Å². The van der Waals surface area contributed by atoms with Crippen molar-refractivity contribution in [3.63, 3.8) is 0 Å². The molecule has 8 nitrogen and oxygen atoms in total. The number of ether oxygens (including phenoxy) is 1. The van der Waals surface area contributed by atoms with Gasteiger partial charge in [-0.25, -0.2) is 9.48 Å². The van der Waals surface area contributed by atoms with Crippen LogP contribution in [0, 0.1) is 0 Å². The van der Waals surface area contributed by atoms with E-state index in [1.165, 1.54) is 6.07 Å². The summed E-state index contributed by atoms with van der Waals surface area (Å²) in [6, 6.07) is 13.7. The Morgan fingerprint density at radius 2 is 1.70 bits per heavy atom. The lowest BCUT2D eigenvalue weighted by Crippen LogP contribution is -2.19. The summed E-state index contributed by atoms with van der Waals surface area (Å²) in [5.41, 5.74) is -0.699. The Morgan fingerprint density at radius 1 is 0.970 bits per heavy atom. The van der Waals surface area contributed by atoms with Crippen molar-refractivity contribution < 1.29 is 22.7 Å². The highest BCUT2D eigenvalue weighted by atomic mass is 35.5. The van der Waals surface area contributed by atoms with Gasteiger partial charge in [-0.2, -0.15) is 18.3 Å². The van der Waals surface area contributed by atoms with E-state index in [2.05, 4.69) is 25.9 Å². The van der Waals surface area contributed by atoms with E-state index >= 15 is 0 Å². The second kappa shape index (κ2) is 9.17. The fourth-order valence-corrected chi connectivity index (χ4v) is 2.96. The third kappa shape index (κ3) is 5.57. The fraction of sp³-hybridized carbons (Fsp3) is 0.0476. The third-order valence-electron chi connectivity index (χ3n) is 4.23. The molecule has 4 aromatic rings. The number of hydrogen-bond acceptors (Lipinski definition) is 5. The Hall–Kier alpha value is -4.12. The van der Waals surface area contributed by atoms with Gasteiger partial charge in [-0.1, -0.05) is 11.6 Å². The maximum Gasteiger partial charge on any atom is 0.417 e. The van der Waals surface area contributed by atoms with Gasteiger partial charge in [-0.15, -0.1) is 10.2 Å². The number of benzene rings is 2. The van der Waals surface area contributed by atoms with E-state index in [0.717, 1.165) is 12.1 Å². The molecule has 4 rings (SSSR count). The SMILES string of the molecule is O=C(Nc1ccc(Oc2ccc(-n3cccn3)nn2)cc1)Nc1ccc(Cl)c(C(F)(F)F)c1. The molecule has 0 saturated heterocycles. The topological polar surface area (TPSA) is 94.0 Å². The van der Waals surface area contributed by atoms with Crippen molar-refractivity contribution in [2.24, 2.45) is 0 Å². The molecular formula is C21H14ClF3N6O2. The minimum atomic E-state index is -4.63. The largest absolute Gasteiger partial charge is 0.438 e. The maximum absolute atomic E-state index is 13.0. The van der Waals surface area contributed by atoms with Crippen molar-refractivity contribution in [2.45, 2.75) is 6.18 Å². The van der Waals surface area contributed by atoms with Crippen molar-refractivity contribution in [1.82, 2.24) is 20.0 Å². The van der Waals surface area contributed by atoms with Crippen LogP contribution >= 0.6 is 11.6 Å². The van der Waals surface area contributed by atoms with Gasteiger partial charge in [0.25, 0.3) is 0 Å². The van der Waals surface area contributed by atoms with E-state index < -0.39 is 22.8 Å². The van der Waals surface area contributed by atoms with E-state index in [1.807, 2.05) is 0 Å². The average Bonchev–Trinajstić information content (AvgIpc) is 3.31. The predicted molar refractivity (Wildman–Crippen MR) is 115 cm³/mol. The van der Waals surface area contributed by atoms with Gasteiger partial charge in [-0.3, -0.25) is 0 Å². The first-order chi connectivity index (χ1) is 15.8. The van der Waals surface area contributed by atoms with Gasteiger partial charge in [0.05, 0.1) is 10.6 Å². The van der Waals surface area contributed by atoms with Crippen LogP contribution in [0.15, 0.2) is 73.1 Å². The van der Waals surface area contributed by atoms with Gasteiger partial charge < -0.3 is 15.4 Å². The number of amides is 2. The summed E-state index contributed by atoms with van der Waals surface area (Å²) in [4.78, 5) is 12.1. The zero-order valence-corrected chi connectivity index (χ0v) is 17.3. The predicted octanol–water partition coefficient (Wildman–Crippen LogP) is 5.77. The minimum absolute atomic E-state index is 0.0543. The van der Waals surface area contributed by atoms with Gasteiger partial charge in [0, 0.05) is 29.8 Å². The van der Waals surface area contributed by atoms with Crippen molar-refractivity contribution >= 4 is 29.0 Å². The van der Waals surface area contributed by atoms with Crippen molar-refractivity contribution in [3.05, 3.63) is 83.6 Å². The molecule has 2 heterocycles. The third-order valence-corrected chi connectivity index (χ3v) is 4.56. The number of rotatable bonds is 5. The first kappa shape index (κ1) is 22.1. The monoisotopic (exact) mass is 474 g/mol. The van der Waals surface area contributed by atoms with Crippen LogP contribution in [0.25, 0.3) is 5.82 Å². The standard InChI is InChI=1S/C21H14ClF3N6O2/c22-17-7-4-14(12-16(17)21(23,24)25)28-20(32)27-13-2-5-15(6-3-13)33-19-9-8-18(29-30-19)31-11-1-10-26-31/h1-12H,(H2,27,28,32). The van der Waals surface area contributed by atoms with Crippen molar-refractivity contribution in [3.8, 4) is 17.4 Å². The lowest BCUT2D eigenvalue weighted by atomic mass is 10.2. The highest BCUT2D eigenvalue weighted by molar-refractivity contribution is 6.31. The van der Waals surface area contributed by atoms with Gasteiger partial charge in [0.15, 0.2) is 5.82 Å². The van der Waals surface area contributed by atoms with Gasteiger partial charge in [-0.05, 0) is 54.6 Å². The Balaban J connectivity index is 1.35. The van der Waals surface area contributed by atoms with Crippen LogP contribution in [-0.4, -0.2) is 26.0 Å². The highest BCUT2D eigenvalue weighted by Crippen LogP contribution is 2.36. The number of anilines is 2. The Bertz CT molecular complexity index is 1250. The molecule has 0 atom stereocenters. The quantitative estimate of drug-likeness (QED) is 0.383. The number of carbonyl (C=O) groups is 1. The lowest BCUT2D eigenvalue weighted by Gasteiger charge is -2.12. The molecule has 2 N–H and O–H groups in total. The molecule has 0 spiro atoms. The summed E-state index contributed by atoms with van der Waals surface area (Å²) in [7, 11) is 0. The smallest absolute Gasteiger partial charge is 0.417 e. The molecule has 0 fully saturated rings. The molecule has 2 amide bonds. The summed E-state index contributed by atoms with van der Waals surface area (Å²) < 4.78 is 46.0. The number of aromatic nitrogens is 4. The zero-order chi connectivity index (χ0) is 23.4. The average molecular weight is 475 g/mol. The van der Waals surface area contributed by atoms with Crippen LogP contribution in [-0.2, 0) is 6.18 Å². The van der Waals surface area contributed by atoms with Gasteiger partial charge in [0.1, 0.15) is 5.75 Å². The number of nitrogens with one attached hydrogen (secondary N) is 2. The first-order valence-corrected chi connectivity index (χ1v) is 9.72. The summed E-state index contributed by atoms with van der Waals surface area (Å²) in [5.74, 6) is 1.23. The number of nitrogens with zero attached hydrogens (tertiary/aromatic N) is 4. The molecular weight excluding hydrogens is 461 g/mol. The van der Waals surface area contributed by atoms with Gasteiger partial charge in [0.2, 0.25) is 5.88 Å². The molecule has 33 heavy (non-hydrogen) atoms. The normalized spacial score (nSPS) is 11.2. The molecule has 12 heteroatoms. The highest BCUT2D eigenvalue weighted by Gasteiger charge is 2.33. The molecule has 2 aromatic heterocycles. The molecule has 0 bridgehead atoms. The van der Waals surface area contributed by atoms with Crippen molar-refractivity contribution in [2.75, 3.05) is 10.6 Å². The van der Waals surface area contributed by atoms with Crippen LogP contribution in [0.2, 0.25) is 5.02 Å². The molecule has 0 saturated carbocycles. The second-order valence-electron chi connectivity index (χ2n) is 6.58. The summed E-state index contributed by atoms with van der Waals surface area (Å²) in [6.45, 7) is 0. The molecule has 0 aliphatic heterocycles. The number of urea groups is 1. The Kier molecular flexibility index (Phi) is 6.13. The van der Waals surface area contributed by atoms with Crippen LogP contribution in [0.1, 0.15) is 5.56 Å². The number of alkyl halides is 3. The van der Waals surface area contributed by atoms with Crippen LogP contribution < -0.4 is 15.4 Å².